The molecule has 4 aromatic carbocycles. The third kappa shape index (κ3) is 6.17. The molecule has 0 spiro atoms. The fourth-order valence-electron chi connectivity index (χ4n) is 3.50. The third-order valence-corrected chi connectivity index (χ3v) is 6.72. The number of hydrogen-bond acceptors (Lipinski definition) is 5. The summed E-state index contributed by atoms with van der Waals surface area (Å²) in [7, 11) is 0. The van der Waals surface area contributed by atoms with Gasteiger partial charge in [0.2, 0.25) is 5.91 Å². The second-order valence-electron chi connectivity index (χ2n) is 8.00. The van der Waals surface area contributed by atoms with Crippen LogP contribution in [-0.4, -0.2) is 16.7 Å². The minimum atomic E-state index is -0.512. The summed E-state index contributed by atoms with van der Waals surface area (Å²) < 4.78 is 0. The van der Waals surface area contributed by atoms with Crippen LogP contribution >= 0.6 is 11.8 Å². The van der Waals surface area contributed by atoms with Crippen LogP contribution in [0.2, 0.25) is 0 Å². The molecule has 4 aromatic rings. The highest BCUT2D eigenvalue weighted by molar-refractivity contribution is 8.00. The number of anilines is 2. The molecule has 0 aliphatic heterocycles. The van der Waals surface area contributed by atoms with E-state index in [1.54, 1.807) is 12.1 Å². The minimum absolute atomic E-state index is 0.0765. The number of carbonyl (C=O) groups excluding carboxylic acids is 2. The number of carbonyl (C=O) groups is 2. The number of nitrogens with one attached hydrogen (secondary N) is 2. The van der Waals surface area contributed by atoms with Gasteiger partial charge in [-0.15, -0.1) is 11.8 Å². The topological polar surface area (TPSA) is 101 Å². The monoisotopic (exact) mass is 497 g/mol. The number of nitrogens with zero attached hydrogens (tertiary/aromatic N) is 1. The van der Waals surface area contributed by atoms with E-state index in [0.717, 1.165) is 21.7 Å². The van der Waals surface area contributed by atoms with E-state index in [0.29, 0.717) is 11.3 Å². The predicted molar refractivity (Wildman–Crippen MR) is 142 cm³/mol. The van der Waals surface area contributed by atoms with E-state index in [1.165, 1.54) is 36.0 Å². The van der Waals surface area contributed by atoms with Crippen molar-refractivity contribution in [3.63, 3.8) is 0 Å². The Morgan fingerprint density at radius 3 is 2.08 bits per heavy atom. The van der Waals surface area contributed by atoms with Gasteiger partial charge < -0.3 is 10.6 Å². The largest absolute Gasteiger partial charge is 0.325 e. The van der Waals surface area contributed by atoms with Crippen molar-refractivity contribution < 1.29 is 14.5 Å². The quantitative estimate of drug-likeness (QED) is 0.162. The molecule has 0 fully saturated rings. The van der Waals surface area contributed by atoms with Crippen LogP contribution < -0.4 is 10.6 Å². The average molecular weight is 498 g/mol. The minimum Gasteiger partial charge on any atom is -0.325 e. The van der Waals surface area contributed by atoms with Gasteiger partial charge in [0.1, 0.15) is 5.25 Å². The summed E-state index contributed by atoms with van der Waals surface area (Å²) in [6.07, 6.45) is 0. The van der Waals surface area contributed by atoms with Crippen molar-refractivity contribution in [2.24, 2.45) is 0 Å². The molecule has 0 radical (unpaired) electrons. The van der Waals surface area contributed by atoms with Crippen LogP contribution in [0.3, 0.4) is 0 Å². The van der Waals surface area contributed by atoms with E-state index in [9.17, 15) is 19.7 Å². The molecule has 4 rings (SSSR count). The van der Waals surface area contributed by atoms with E-state index in [2.05, 4.69) is 10.6 Å². The lowest BCUT2D eigenvalue weighted by molar-refractivity contribution is -0.384. The van der Waals surface area contributed by atoms with Crippen molar-refractivity contribution in [1.82, 2.24) is 0 Å². The zero-order chi connectivity index (χ0) is 25.5. The second-order valence-corrected chi connectivity index (χ2v) is 9.17. The summed E-state index contributed by atoms with van der Waals surface area (Å²) in [6.45, 7) is 1.95. The summed E-state index contributed by atoms with van der Waals surface area (Å²) in [5, 5.41) is 16.1. The zero-order valence-corrected chi connectivity index (χ0v) is 20.2. The van der Waals surface area contributed by atoms with Crippen LogP contribution in [0.25, 0.3) is 0 Å². The summed E-state index contributed by atoms with van der Waals surface area (Å²) in [5.74, 6) is -0.499. The fraction of sp³-hybridized carbons (Fsp3) is 0.0714. The van der Waals surface area contributed by atoms with Gasteiger partial charge in [-0.05, 0) is 60.5 Å². The van der Waals surface area contributed by atoms with Crippen LogP contribution in [0.15, 0.2) is 108 Å². The van der Waals surface area contributed by atoms with E-state index >= 15 is 0 Å². The van der Waals surface area contributed by atoms with E-state index in [-0.39, 0.29) is 17.5 Å². The highest BCUT2D eigenvalue weighted by Crippen LogP contribution is 2.37. The van der Waals surface area contributed by atoms with Crippen LogP contribution in [0.4, 0.5) is 17.1 Å². The molecule has 0 heterocycles. The number of para-hydroxylation sites is 1. The van der Waals surface area contributed by atoms with Crippen LogP contribution in [0.5, 0.6) is 0 Å². The van der Waals surface area contributed by atoms with Crippen molar-refractivity contribution in [3.05, 3.63) is 130 Å². The van der Waals surface area contributed by atoms with E-state index in [4.69, 9.17) is 0 Å². The Morgan fingerprint density at radius 2 is 1.44 bits per heavy atom. The highest BCUT2D eigenvalue weighted by Gasteiger charge is 2.22. The molecule has 0 saturated heterocycles. The van der Waals surface area contributed by atoms with Crippen LogP contribution in [0, 0.1) is 17.0 Å². The maximum absolute atomic E-state index is 13.3. The molecule has 0 aliphatic rings. The molecule has 0 saturated carbocycles. The fourth-order valence-corrected chi connectivity index (χ4v) is 4.53. The van der Waals surface area contributed by atoms with Gasteiger partial charge >= 0.3 is 0 Å². The summed E-state index contributed by atoms with van der Waals surface area (Å²) >= 11 is 1.41. The standard InChI is InChI=1S/C28H23N3O4S/c1-19-7-5-6-10-25(19)30-28(33)26(20-8-3-2-4-9-20)36-24-17-13-22(14-18-24)29-27(32)21-11-15-23(16-12-21)31(34)35/h2-18,26H,1H3,(H,29,32)(H,30,33). The van der Waals surface area contributed by atoms with Crippen molar-refractivity contribution in [1.29, 1.82) is 0 Å². The second kappa shape index (κ2) is 11.3. The van der Waals surface area contributed by atoms with Crippen molar-refractivity contribution in [3.8, 4) is 0 Å². The molecule has 7 nitrogen and oxygen atoms in total. The van der Waals surface area contributed by atoms with E-state index in [1.807, 2.05) is 73.7 Å². The molecular formula is C28H23N3O4S. The van der Waals surface area contributed by atoms with Gasteiger partial charge in [0, 0.05) is 34.0 Å². The van der Waals surface area contributed by atoms with Crippen molar-refractivity contribution >= 4 is 40.6 Å². The smallest absolute Gasteiger partial charge is 0.269 e. The number of hydrogen-bond donors (Lipinski definition) is 2. The summed E-state index contributed by atoms with van der Waals surface area (Å²) in [4.78, 5) is 36.9. The molecule has 36 heavy (non-hydrogen) atoms. The Labute approximate surface area is 212 Å². The molecule has 2 N–H and O–H groups in total. The highest BCUT2D eigenvalue weighted by atomic mass is 32.2. The normalized spacial score (nSPS) is 11.4. The molecule has 1 atom stereocenters. The Kier molecular flexibility index (Phi) is 7.77. The van der Waals surface area contributed by atoms with Crippen LogP contribution in [-0.2, 0) is 4.79 Å². The number of thioether (sulfide) groups is 1. The first kappa shape index (κ1) is 24.7. The summed E-state index contributed by atoms with van der Waals surface area (Å²) in [6, 6.07) is 29.8. The van der Waals surface area contributed by atoms with E-state index < -0.39 is 10.2 Å². The van der Waals surface area contributed by atoms with Crippen molar-refractivity contribution in [2.45, 2.75) is 17.1 Å². The van der Waals surface area contributed by atoms with Gasteiger partial charge in [0.25, 0.3) is 11.6 Å². The van der Waals surface area contributed by atoms with Gasteiger partial charge in [-0.3, -0.25) is 19.7 Å². The van der Waals surface area contributed by atoms with Gasteiger partial charge in [-0.1, -0.05) is 48.5 Å². The van der Waals surface area contributed by atoms with Gasteiger partial charge in [-0.2, -0.15) is 0 Å². The Balaban J connectivity index is 1.47. The van der Waals surface area contributed by atoms with Crippen molar-refractivity contribution in [2.75, 3.05) is 10.6 Å². The number of amides is 2. The molecule has 180 valence electrons. The number of non-ortho nitro benzene ring substituents is 1. The van der Waals surface area contributed by atoms with Gasteiger partial charge in [-0.25, -0.2) is 0 Å². The molecule has 2 amide bonds. The number of nitro benzene ring substituents is 1. The number of aryl methyl sites for hydroxylation is 1. The summed E-state index contributed by atoms with van der Waals surface area (Å²) in [5.41, 5.74) is 3.44. The van der Waals surface area contributed by atoms with Crippen LogP contribution in [0.1, 0.15) is 26.7 Å². The molecular weight excluding hydrogens is 474 g/mol. The maximum Gasteiger partial charge on any atom is 0.269 e. The Hall–Kier alpha value is -4.43. The van der Waals surface area contributed by atoms with Gasteiger partial charge in [0.05, 0.1) is 4.92 Å². The first-order chi connectivity index (χ1) is 17.4. The molecule has 0 bridgehead atoms. The number of rotatable bonds is 8. The predicted octanol–water partition coefficient (Wildman–Crippen LogP) is 6.63. The third-order valence-electron chi connectivity index (χ3n) is 5.45. The molecule has 8 heteroatoms. The first-order valence-electron chi connectivity index (χ1n) is 11.1. The lowest BCUT2D eigenvalue weighted by Crippen LogP contribution is -2.19. The Morgan fingerprint density at radius 1 is 0.806 bits per heavy atom. The lowest BCUT2D eigenvalue weighted by Gasteiger charge is -2.18. The maximum atomic E-state index is 13.3. The average Bonchev–Trinajstić information content (AvgIpc) is 2.90. The Bertz CT molecular complexity index is 1370. The zero-order valence-electron chi connectivity index (χ0n) is 19.4. The first-order valence-corrected chi connectivity index (χ1v) is 12.0. The number of benzene rings is 4. The number of nitro groups is 1. The molecule has 0 aromatic heterocycles. The molecule has 1 unspecified atom stereocenters. The van der Waals surface area contributed by atoms with Gasteiger partial charge in [0.15, 0.2) is 0 Å². The lowest BCUT2D eigenvalue weighted by atomic mass is 10.1. The molecule has 0 aliphatic carbocycles. The SMILES string of the molecule is Cc1ccccc1NC(=O)C(Sc1ccc(NC(=O)c2ccc([N+](=O)[O-])cc2)cc1)c1ccccc1.